The summed E-state index contributed by atoms with van der Waals surface area (Å²) in [7, 11) is 0. The fraction of sp³-hybridized carbons (Fsp3) is 0.400. The number of hydrogen-bond donors (Lipinski definition) is 3. The molecule has 0 bridgehead atoms. The number of carbonyl (C=O) groups is 1. The molecule has 0 unspecified atom stereocenters. The Morgan fingerprint density at radius 2 is 2.06 bits per heavy atom. The van der Waals surface area contributed by atoms with E-state index >= 15 is 0 Å². The van der Waals surface area contributed by atoms with Crippen molar-refractivity contribution in [2.45, 2.75) is 58.3 Å². The minimum absolute atomic E-state index is 0.112. The van der Waals surface area contributed by atoms with Gasteiger partial charge in [-0.05, 0) is 31.0 Å². The number of nitrogens with two attached hydrogens (primary N) is 1. The predicted octanol–water partition coefficient (Wildman–Crippen LogP) is 3.26. The van der Waals surface area contributed by atoms with Gasteiger partial charge in [0.1, 0.15) is 6.61 Å². The highest BCUT2D eigenvalue weighted by molar-refractivity contribution is 6.04. The summed E-state index contributed by atoms with van der Waals surface area (Å²) >= 11 is 0. The molecule has 2 aromatic heterocycles. The summed E-state index contributed by atoms with van der Waals surface area (Å²) in [5.41, 5.74) is 9.28. The van der Waals surface area contributed by atoms with Crippen LogP contribution in [0.1, 0.15) is 56.2 Å². The van der Waals surface area contributed by atoms with Crippen LogP contribution < -0.4 is 16.6 Å². The van der Waals surface area contributed by atoms with E-state index in [2.05, 4.69) is 12.2 Å². The molecule has 0 saturated heterocycles. The second-order valence-corrected chi connectivity index (χ2v) is 8.79. The summed E-state index contributed by atoms with van der Waals surface area (Å²) in [5, 5.41) is 15.5. The Morgan fingerprint density at radius 1 is 1.24 bits per heavy atom. The monoisotopic (exact) mass is 448 g/mol. The Kier molecular flexibility index (Phi) is 5.12. The van der Waals surface area contributed by atoms with Gasteiger partial charge in [-0.15, -0.1) is 0 Å². The van der Waals surface area contributed by atoms with Gasteiger partial charge in [0.2, 0.25) is 0 Å². The number of hydrogen-bond acceptors (Lipinski definition) is 7. The average molecular weight is 449 g/mol. The van der Waals surface area contributed by atoms with Crippen LogP contribution in [0, 0.1) is 0 Å². The van der Waals surface area contributed by atoms with E-state index in [1.54, 1.807) is 17.6 Å². The quantitative estimate of drug-likeness (QED) is 0.235. The molecule has 3 aromatic rings. The summed E-state index contributed by atoms with van der Waals surface area (Å²) < 4.78 is 6.81. The molecule has 8 nitrogen and oxygen atoms in total. The van der Waals surface area contributed by atoms with Crippen molar-refractivity contribution in [3.05, 3.63) is 51.3 Å². The number of cyclic esters (lactones) is 1. The van der Waals surface area contributed by atoms with E-state index in [9.17, 15) is 14.7 Å². The molecule has 1 aromatic carbocycles. The lowest BCUT2D eigenvalue weighted by Gasteiger charge is -2.31. The zero-order valence-electron chi connectivity index (χ0n) is 18.9. The highest BCUT2D eigenvalue weighted by Crippen LogP contribution is 2.43. The molecule has 1 atom stereocenters. The topological polar surface area (TPSA) is 119 Å². The van der Waals surface area contributed by atoms with Gasteiger partial charge < -0.3 is 25.5 Å². The smallest absolute Gasteiger partial charge is 0.343 e. The zero-order valence-corrected chi connectivity index (χ0v) is 18.9. The highest BCUT2D eigenvalue weighted by Gasteiger charge is 2.45. The molecular formula is C25H28N4O4. The molecule has 5 rings (SSSR count). The second kappa shape index (κ2) is 7.88. The number of nitrogens with one attached hydrogen (secondary N) is 1. The van der Waals surface area contributed by atoms with Crippen molar-refractivity contribution in [3.63, 3.8) is 0 Å². The molecule has 2 aliphatic heterocycles. The molecule has 4 N–H and O–H groups in total. The molecule has 2 aliphatic rings. The van der Waals surface area contributed by atoms with Crippen molar-refractivity contribution in [3.8, 4) is 11.4 Å². The SMILES string of the molecule is CCCCCNc1c2c(nc3cccc(N)c13)-c1cc3c(c(=O)n1C2)COC(=O)[C@]3(O)CC. The van der Waals surface area contributed by atoms with Gasteiger partial charge in [0.15, 0.2) is 5.60 Å². The van der Waals surface area contributed by atoms with Gasteiger partial charge in [0.05, 0.1) is 34.7 Å². The lowest BCUT2D eigenvalue weighted by Crippen LogP contribution is -2.44. The van der Waals surface area contributed by atoms with Crippen molar-refractivity contribution in [1.82, 2.24) is 9.55 Å². The van der Waals surface area contributed by atoms with E-state index in [0.717, 1.165) is 48.0 Å². The standard InChI is InChI=1S/C25H28N4O4/c1-3-5-6-10-27-22-14-12-29-19(21(14)28-18-9-7-8-17(26)20(18)22)11-16-15(23(29)30)13-33-24(31)25(16,32)4-2/h7-9,11,32H,3-6,10,12-13,26H2,1-2H3,(H,27,28)/t25-/m0/s1. The normalized spacial score (nSPS) is 18.6. The summed E-state index contributed by atoms with van der Waals surface area (Å²) in [6, 6.07) is 7.35. The number of anilines is 2. The third-order valence-electron chi connectivity index (χ3n) is 6.83. The predicted molar refractivity (Wildman–Crippen MR) is 127 cm³/mol. The van der Waals surface area contributed by atoms with Crippen molar-refractivity contribution in [2.75, 3.05) is 17.6 Å². The lowest BCUT2D eigenvalue weighted by atomic mass is 9.86. The Balaban J connectivity index is 1.73. The number of esters is 1. The first kappa shape index (κ1) is 21.5. The number of nitrogens with zero attached hydrogens (tertiary/aromatic N) is 2. The molecular weight excluding hydrogens is 420 g/mol. The maximum absolute atomic E-state index is 13.4. The second-order valence-electron chi connectivity index (χ2n) is 8.79. The van der Waals surface area contributed by atoms with Crippen LogP contribution in [0.25, 0.3) is 22.3 Å². The number of nitrogen functional groups attached to an aromatic ring is 1. The van der Waals surface area contributed by atoms with E-state index in [1.807, 2.05) is 18.2 Å². The van der Waals surface area contributed by atoms with Gasteiger partial charge in [-0.3, -0.25) is 4.79 Å². The van der Waals surface area contributed by atoms with Crippen LogP contribution in [0.2, 0.25) is 0 Å². The van der Waals surface area contributed by atoms with Crippen LogP contribution in [-0.4, -0.2) is 27.2 Å². The largest absolute Gasteiger partial charge is 0.458 e. The van der Waals surface area contributed by atoms with Crippen LogP contribution in [0.4, 0.5) is 11.4 Å². The van der Waals surface area contributed by atoms with E-state index in [4.69, 9.17) is 15.5 Å². The van der Waals surface area contributed by atoms with Crippen LogP contribution in [0.15, 0.2) is 29.1 Å². The van der Waals surface area contributed by atoms with Gasteiger partial charge in [0, 0.05) is 28.7 Å². The van der Waals surface area contributed by atoms with Crippen LogP contribution in [-0.2, 0) is 28.3 Å². The molecule has 0 amide bonds. The minimum atomic E-state index is -1.84. The molecule has 4 heterocycles. The molecule has 0 fully saturated rings. The third-order valence-corrected chi connectivity index (χ3v) is 6.83. The summed E-state index contributed by atoms with van der Waals surface area (Å²) in [6.45, 7) is 4.84. The average Bonchev–Trinajstić information content (AvgIpc) is 3.18. The number of aromatic nitrogens is 2. The summed E-state index contributed by atoms with van der Waals surface area (Å²) in [4.78, 5) is 30.7. The van der Waals surface area contributed by atoms with E-state index in [0.29, 0.717) is 34.7 Å². The summed E-state index contributed by atoms with van der Waals surface area (Å²) in [6.07, 6.45) is 3.36. The summed E-state index contributed by atoms with van der Waals surface area (Å²) in [5.74, 6) is -0.724. The van der Waals surface area contributed by atoms with Gasteiger partial charge in [-0.25, -0.2) is 9.78 Å². The molecule has 33 heavy (non-hydrogen) atoms. The van der Waals surface area contributed by atoms with Crippen LogP contribution in [0.3, 0.4) is 0 Å². The van der Waals surface area contributed by atoms with E-state index in [-0.39, 0.29) is 18.6 Å². The number of benzene rings is 1. The first-order chi connectivity index (χ1) is 15.9. The van der Waals surface area contributed by atoms with Crippen molar-refractivity contribution >= 4 is 28.2 Å². The fourth-order valence-corrected chi connectivity index (χ4v) is 4.94. The van der Waals surface area contributed by atoms with Crippen molar-refractivity contribution in [2.24, 2.45) is 0 Å². The number of unbranched alkanes of at least 4 members (excludes halogenated alkanes) is 2. The fourth-order valence-electron chi connectivity index (χ4n) is 4.94. The number of pyridine rings is 2. The lowest BCUT2D eigenvalue weighted by molar-refractivity contribution is -0.172. The van der Waals surface area contributed by atoms with Gasteiger partial charge >= 0.3 is 5.97 Å². The third kappa shape index (κ3) is 3.12. The maximum Gasteiger partial charge on any atom is 0.343 e. The Bertz CT molecular complexity index is 1350. The first-order valence-corrected chi connectivity index (χ1v) is 11.5. The minimum Gasteiger partial charge on any atom is -0.458 e. The van der Waals surface area contributed by atoms with Crippen LogP contribution >= 0.6 is 0 Å². The molecule has 0 radical (unpaired) electrons. The van der Waals surface area contributed by atoms with Crippen LogP contribution in [0.5, 0.6) is 0 Å². The number of aliphatic hydroxyl groups is 1. The molecule has 8 heteroatoms. The molecule has 172 valence electrons. The molecule has 0 spiro atoms. The zero-order chi connectivity index (χ0) is 23.3. The molecule has 0 saturated carbocycles. The molecule has 0 aliphatic carbocycles. The van der Waals surface area contributed by atoms with Gasteiger partial charge in [0.25, 0.3) is 5.56 Å². The number of ether oxygens (including phenoxy) is 1. The van der Waals surface area contributed by atoms with E-state index in [1.165, 1.54) is 0 Å². The maximum atomic E-state index is 13.4. The van der Waals surface area contributed by atoms with E-state index < -0.39 is 11.6 Å². The first-order valence-electron chi connectivity index (χ1n) is 11.5. The Labute approximate surface area is 191 Å². The Hall–Kier alpha value is -3.39. The Morgan fingerprint density at radius 3 is 2.82 bits per heavy atom. The number of rotatable bonds is 6. The van der Waals surface area contributed by atoms with Crippen molar-refractivity contribution in [1.29, 1.82) is 0 Å². The number of carbonyl (C=O) groups excluding carboxylic acids is 1. The van der Waals surface area contributed by atoms with Crippen molar-refractivity contribution < 1.29 is 14.6 Å². The van der Waals surface area contributed by atoms with Gasteiger partial charge in [-0.2, -0.15) is 0 Å². The van der Waals surface area contributed by atoms with Gasteiger partial charge in [-0.1, -0.05) is 32.8 Å². The number of fused-ring (bicyclic) bond motifs is 5. The highest BCUT2D eigenvalue weighted by atomic mass is 16.6.